The fourth-order valence-corrected chi connectivity index (χ4v) is 3.04. The molecule has 1 aliphatic heterocycles. The third kappa shape index (κ3) is 3.69. The van der Waals surface area contributed by atoms with Crippen LogP contribution in [0.2, 0.25) is 0 Å². The van der Waals surface area contributed by atoms with Crippen molar-refractivity contribution in [3.05, 3.63) is 47.8 Å². The molecule has 0 saturated heterocycles. The molecule has 1 atom stereocenters. The molecule has 6 heteroatoms. The fraction of sp³-hybridized carbons (Fsp3) is 0.444. The summed E-state index contributed by atoms with van der Waals surface area (Å²) >= 11 is 0. The maximum absolute atomic E-state index is 6.09. The SMILES string of the molecule is CN=C(NCc1cnn(C)c1)NC1CC(C)(C)Oc2ccccc21. The number of aliphatic imine (C=N–C) groups is 1. The normalized spacial score (nSPS) is 19.3. The van der Waals surface area contributed by atoms with Gasteiger partial charge in [-0.15, -0.1) is 0 Å². The number of para-hydroxylation sites is 1. The minimum atomic E-state index is -0.214. The maximum Gasteiger partial charge on any atom is 0.191 e. The van der Waals surface area contributed by atoms with Crippen molar-refractivity contribution in [3.8, 4) is 5.75 Å². The van der Waals surface area contributed by atoms with Crippen LogP contribution in [0, 0.1) is 0 Å². The molecule has 1 aromatic carbocycles. The first-order valence-corrected chi connectivity index (χ1v) is 8.19. The maximum atomic E-state index is 6.09. The molecule has 0 amide bonds. The minimum Gasteiger partial charge on any atom is -0.487 e. The van der Waals surface area contributed by atoms with Gasteiger partial charge in [0.1, 0.15) is 11.4 Å². The van der Waals surface area contributed by atoms with Crippen molar-refractivity contribution in [3.63, 3.8) is 0 Å². The number of ether oxygens (including phenoxy) is 1. The lowest BCUT2D eigenvalue weighted by Crippen LogP contribution is -2.45. The molecule has 0 fully saturated rings. The Morgan fingerprint density at radius 3 is 2.92 bits per heavy atom. The third-order valence-corrected chi connectivity index (χ3v) is 4.13. The van der Waals surface area contributed by atoms with Crippen LogP contribution in [0.4, 0.5) is 0 Å². The number of aryl methyl sites for hydroxylation is 1. The van der Waals surface area contributed by atoms with Crippen molar-refractivity contribution >= 4 is 5.96 Å². The van der Waals surface area contributed by atoms with E-state index in [1.54, 1.807) is 11.7 Å². The molecule has 24 heavy (non-hydrogen) atoms. The second-order valence-electron chi connectivity index (χ2n) is 6.75. The first-order valence-electron chi connectivity index (χ1n) is 8.19. The van der Waals surface area contributed by atoms with Crippen LogP contribution < -0.4 is 15.4 Å². The predicted molar refractivity (Wildman–Crippen MR) is 95.0 cm³/mol. The number of fused-ring (bicyclic) bond motifs is 1. The van der Waals surface area contributed by atoms with E-state index in [1.807, 2.05) is 37.6 Å². The van der Waals surface area contributed by atoms with Crippen LogP contribution in [0.25, 0.3) is 0 Å². The Bertz CT molecular complexity index is 735. The van der Waals surface area contributed by atoms with E-state index in [0.717, 1.165) is 23.7 Å². The summed E-state index contributed by atoms with van der Waals surface area (Å²) in [5.74, 6) is 1.71. The predicted octanol–water partition coefficient (Wildman–Crippen LogP) is 2.39. The highest BCUT2D eigenvalue weighted by molar-refractivity contribution is 5.80. The number of guanidine groups is 1. The summed E-state index contributed by atoms with van der Waals surface area (Å²) in [4.78, 5) is 4.35. The number of hydrogen-bond donors (Lipinski definition) is 2. The third-order valence-electron chi connectivity index (χ3n) is 4.13. The van der Waals surface area contributed by atoms with Gasteiger partial charge in [0.2, 0.25) is 0 Å². The zero-order valence-corrected chi connectivity index (χ0v) is 14.7. The van der Waals surface area contributed by atoms with Gasteiger partial charge in [0.25, 0.3) is 0 Å². The zero-order valence-electron chi connectivity index (χ0n) is 14.7. The number of aromatic nitrogens is 2. The summed E-state index contributed by atoms with van der Waals surface area (Å²) in [5.41, 5.74) is 2.07. The van der Waals surface area contributed by atoms with Gasteiger partial charge in [-0.25, -0.2) is 0 Å². The number of nitrogens with zero attached hydrogens (tertiary/aromatic N) is 3. The summed E-state index contributed by atoms with van der Waals surface area (Å²) < 4.78 is 7.88. The van der Waals surface area contributed by atoms with Crippen LogP contribution in [0.15, 0.2) is 41.7 Å². The summed E-state index contributed by atoms with van der Waals surface area (Å²) in [5, 5.41) is 11.1. The fourth-order valence-electron chi connectivity index (χ4n) is 3.04. The second kappa shape index (κ2) is 6.55. The summed E-state index contributed by atoms with van der Waals surface area (Å²) in [6.07, 6.45) is 4.72. The molecule has 128 valence electrons. The Hall–Kier alpha value is -2.50. The van der Waals surface area contributed by atoms with E-state index >= 15 is 0 Å². The molecule has 0 aliphatic carbocycles. The van der Waals surface area contributed by atoms with E-state index in [4.69, 9.17) is 4.74 Å². The zero-order chi connectivity index (χ0) is 17.2. The monoisotopic (exact) mass is 327 g/mol. The lowest BCUT2D eigenvalue weighted by atomic mass is 9.90. The van der Waals surface area contributed by atoms with Gasteiger partial charge >= 0.3 is 0 Å². The average Bonchev–Trinajstić information content (AvgIpc) is 2.95. The molecule has 3 rings (SSSR count). The van der Waals surface area contributed by atoms with Gasteiger partial charge in [-0.05, 0) is 19.9 Å². The lowest BCUT2D eigenvalue weighted by molar-refractivity contribution is 0.0694. The lowest BCUT2D eigenvalue weighted by Gasteiger charge is -2.38. The topological polar surface area (TPSA) is 63.5 Å². The van der Waals surface area contributed by atoms with E-state index in [9.17, 15) is 0 Å². The molecular formula is C18H25N5O. The van der Waals surface area contributed by atoms with Crippen molar-refractivity contribution in [2.24, 2.45) is 12.0 Å². The molecule has 6 nitrogen and oxygen atoms in total. The molecular weight excluding hydrogens is 302 g/mol. The van der Waals surface area contributed by atoms with Gasteiger partial charge in [0, 0.05) is 44.4 Å². The van der Waals surface area contributed by atoms with Crippen LogP contribution in [0.3, 0.4) is 0 Å². The quantitative estimate of drug-likeness (QED) is 0.671. The highest BCUT2D eigenvalue weighted by atomic mass is 16.5. The molecule has 0 bridgehead atoms. The Labute approximate surface area is 142 Å². The molecule has 1 aliphatic rings. The molecule has 1 unspecified atom stereocenters. The Morgan fingerprint density at radius 1 is 1.42 bits per heavy atom. The summed E-state index contributed by atoms with van der Waals surface area (Å²) in [7, 11) is 3.70. The first kappa shape index (κ1) is 16.4. The first-order chi connectivity index (χ1) is 11.5. The van der Waals surface area contributed by atoms with Gasteiger partial charge < -0.3 is 15.4 Å². The van der Waals surface area contributed by atoms with Crippen LogP contribution in [-0.4, -0.2) is 28.4 Å². The van der Waals surface area contributed by atoms with Crippen LogP contribution in [0.5, 0.6) is 5.75 Å². The van der Waals surface area contributed by atoms with Crippen molar-refractivity contribution in [2.45, 2.75) is 38.5 Å². The van der Waals surface area contributed by atoms with Gasteiger partial charge in [-0.3, -0.25) is 9.67 Å². The van der Waals surface area contributed by atoms with E-state index in [-0.39, 0.29) is 11.6 Å². The van der Waals surface area contributed by atoms with Crippen molar-refractivity contribution in [1.29, 1.82) is 0 Å². The molecule has 2 aromatic rings. The van der Waals surface area contributed by atoms with E-state index in [1.165, 1.54) is 5.56 Å². The largest absolute Gasteiger partial charge is 0.487 e. The van der Waals surface area contributed by atoms with Crippen molar-refractivity contribution in [1.82, 2.24) is 20.4 Å². The van der Waals surface area contributed by atoms with Gasteiger partial charge in [0.15, 0.2) is 5.96 Å². The van der Waals surface area contributed by atoms with Crippen molar-refractivity contribution in [2.75, 3.05) is 7.05 Å². The highest BCUT2D eigenvalue weighted by Gasteiger charge is 2.33. The number of hydrogen-bond acceptors (Lipinski definition) is 3. The van der Waals surface area contributed by atoms with Gasteiger partial charge in [-0.1, -0.05) is 18.2 Å². The Morgan fingerprint density at radius 2 is 2.21 bits per heavy atom. The Kier molecular flexibility index (Phi) is 4.46. The van der Waals surface area contributed by atoms with Crippen LogP contribution >= 0.6 is 0 Å². The molecule has 0 saturated carbocycles. The van der Waals surface area contributed by atoms with Crippen LogP contribution in [-0.2, 0) is 13.6 Å². The molecule has 0 spiro atoms. The number of nitrogens with one attached hydrogen (secondary N) is 2. The standard InChI is InChI=1S/C18H25N5O/c1-18(2)9-15(14-7-5-6-8-16(14)24-18)22-17(19-3)20-10-13-11-21-23(4)12-13/h5-8,11-12,15H,9-10H2,1-4H3,(H2,19,20,22). The molecule has 1 aromatic heterocycles. The molecule has 2 heterocycles. The molecule has 0 radical (unpaired) electrons. The smallest absolute Gasteiger partial charge is 0.191 e. The summed E-state index contributed by atoms with van der Waals surface area (Å²) in [6.45, 7) is 4.91. The highest BCUT2D eigenvalue weighted by Crippen LogP contribution is 2.39. The van der Waals surface area contributed by atoms with Gasteiger partial charge in [0.05, 0.1) is 12.2 Å². The Balaban J connectivity index is 1.71. The van der Waals surface area contributed by atoms with Gasteiger partial charge in [-0.2, -0.15) is 5.10 Å². The number of benzene rings is 1. The molecule has 2 N–H and O–H groups in total. The van der Waals surface area contributed by atoms with E-state index in [0.29, 0.717) is 6.54 Å². The minimum absolute atomic E-state index is 0.157. The van der Waals surface area contributed by atoms with E-state index in [2.05, 4.69) is 40.6 Å². The average molecular weight is 327 g/mol. The second-order valence-corrected chi connectivity index (χ2v) is 6.75. The van der Waals surface area contributed by atoms with Crippen molar-refractivity contribution < 1.29 is 4.74 Å². The number of rotatable bonds is 3. The summed E-state index contributed by atoms with van der Waals surface area (Å²) in [6, 6.07) is 8.34. The van der Waals surface area contributed by atoms with E-state index < -0.39 is 0 Å². The van der Waals surface area contributed by atoms with Crippen LogP contribution in [0.1, 0.15) is 37.4 Å².